The summed E-state index contributed by atoms with van der Waals surface area (Å²) in [6, 6.07) is 3.74. The number of hydrogen-bond donors (Lipinski definition) is 1. The number of aromatic nitrogens is 1. The molecule has 2 unspecified atom stereocenters. The van der Waals surface area contributed by atoms with E-state index in [0.29, 0.717) is 24.4 Å². The van der Waals surface area contributed by atoms with Gasteiger partial charge in [-0.25, -0.2) is 22.1 Å². The fraction of sp³-hybridized carbons (Fsp3) is 0.606. The normalized spacial score (nSPS) is 23.5. The van der Waals surface area contributed by atoms with E-state index in [-0.39, 0.29) is 53.5 Å². The zero-order valence-electron chi connectivity index (χ0n) is 25.5. The molecule has 1 N–H and O–H groups in total. The van der Waals surface area contributed by atoms with Crippen molar-refractivity contribution in [2.45, 2.75) is 102 Å². The van der Waals surface area contributed by atoms with Crippen molar-refractivity contribution in [3.63, 3.8) is 0 Å². The summed E-state index contributed by atoms with van der Waals surface area (Å²) in [6.45, 7) is 5.76. The highest BCUT2D eigenvalue weighted by Crippen LogP contribution is 2.50. The van der Waals surface area contributed by atoms with Gasteiger partial charge >= 0.3 is 0 Å². The van der Waals surface area contributed by atoms with Crippen molar-refractivity contribution in [1.29, 1.82) is 0 Å². The van der Waals surface area contributed by atoms with E-state index < -0.39 is 21.7 Å². The van der Waals surface area contributed by atoms with Crippen LogP contribution in [0.2, 0.25) is 0 Å². The van der Waals surface area contributed by atoms with Crippen LogP contribution in [-0.2, 0) is 26.0 Å². The minimum absolute atomic E-state index is 0.0993. The van der Waals surface area contributed by atoms with Crippen LogP contribution < -0.4 is 9.62 Å². The zero-order valence-corrected chi connectivity index (χ0v) is 26.3. The number of carbonyl (C=O) groups is 2. The van der Waals surface area contributed by atoms with Crippen molar-refractivity contribution in [2.24, 2.45) is 11.8 Å². The lowest BCUT2D eigenvalue weighted by molar-refractivity contribution is -0.113. The standard InChI is InChI=1S/C33H44FN3O6S/c1-3-18-44(40,41)37(30(38)4-2)27-14-13-24(34)19-23(27)20-25-28-15-16-29(43-28)31(25)33-36-26(21-42-33)32(39)35-17-9-8-12-22-10-6-5-7-11-22/h4,13-14,19,21-22,25,28-29,31H,2-3,5-12,15-18,20H2,1H3,(H,35,39)/t25-,28?,29?,31+/m0/s1. The van der Waals surface area contributed by atoms with Crippen LogP contribution in [0.5, 0.6) is 0 Å². The lowest BCUT2D eigenvalue weighted by atomic mass is 9.76. The molecule has 2 bridgehead atoms. The number of hydrogen-bond acceptors (Lipinski definition) is 7. The second-order valence-corrected chi connectivity index (χ2v) is 14.3. The topological polar surface area (TPSA) is 119 Å². The molecule has 4 atom stereocenters. The van der Waals surface area contributed by atoms with Gasteiger partial charge in [-0.15, -0.1) is 0 Å². The number of nitrogens with zero attached hydrogens (tertiary/aromatic N) is 2. The molecule has 2 aromatic rings. The Labute approximate surface area is 259 Å². The van der Waals surface area contributed by atoms with Gasteiger partial charge in [0, 0.05) is 12.5 Å². The van der Waals surface area contributed by atoms with Gasteiger partial charge in [0.25, 0.3) is 11.8 Å². The van der Waals surface area contributed by atoms with Crippen molar-refractivity contribution in [3.8, 4) is 0 Å². The molecule has 11 heteroatoms. The van der Waals surface area contributed by atoms with Gasteiger partial charge in [0.05, 0.1) is 29.6 Å². The highest BCUT2D eigenvalue weighted by molar-refractivity contribution is 7.93. The maximum Gasteiger partial charge on any atom is 0.273 e. The van der Waals surface area contributed by atoms with E-state index in [1.165, 1.54) is 56.9 Å². The predicted octanol–water partition coefficient (Wildman–Crippen LogP) is 6.06. The molecule has 3 heterocycles. The molecule has 2 saturated heterocycles. The number of unbranched alkanes of at least 4 members (excludes halogenated alkanes) is 1. The summed E-state index contributed by atoms with van der Waals surface area (Å²) in [5, 5.41) is 2.96. The van der Waals surface area contributed by atoms with E-state index in [9.17, 15) is 22.4 Å². The van der Waals surface area contributed by atoms with Gasteiger partial charge < -0.3 is 14.5 Å². The largest absolute Gasteiger partial charge is 0.448 e. The Morgan fingerprint density at radius 1 is 1.14 bits per heavy atom. The lowest BCUT2D eigenvalue weighted by Crippen LogP contribution is -2.38. The minimum atomic E-state index is -4.02. The third-order valence-electron chi connectivity index (χ3n) is 9.34. The van der Waals surface area contributed by atoms with Crippen LogP contribution in [0.15, 0.2) is 41.5 Å². The van der Waals surface area contributed by atoms with Gasteiger partial charge in [-0.3, -0.25) is 9.59 Å². The summed E-state index contributed by atoms with van der Waals surface area (Å²) in [5.74, 6) is -1.21. The molecule has 2 aliphatic heterocycles. The van der Waals surface area contributed by atoms with Crippen LogP contribution in [0.3, 0.4) is 0 Å². The molecule has 2 amide bonds. The molecule has 3 aliphatic rings. The summed E-state index contributed by atoms with van der Waals surface area (Å²) >= 11 is 0. The van der Waals surface area contributed by atoms with Gasteiger partial charge in [-0.1, -0.05) is 58.4 Å². The van der Waals surface area contributed by atoms with E-state index in [2.05, 4.69) is 16.9 Å². The highest BCUT2D eigenvalue weighted by Gasteiger charge is 2.52. The van der Waals surface area contributed by atoms with Crippen LogP contribution >= 0.6 is 0 Å². The van der Waals surface area contributed by atoms with E-state index in [1.807, 2.05) is 0 Å². The average molecular weight is 630 g/mol. The van der Waals surface area contributed by atoms with Crippen molar-refractivity contribution in [1.82, 2.24) is 10.3 Å². The van der Waals surface area contributed by atoms with Gasteiger partial charge in [-0.05, 0) is 67.9 Å². The van der Waals surface area contributed by atoms with Gasteiger partial charge in [0.15, 0.2) is 5.69 Å². The maximum absolute atomic E-state index is 14.6. The molecule has 44 heavy (non-hydrogen) atoms. The Bertz CT molecular complexity index is 1440. The molecule has 1 saturated carbocycles. The minimum Gasteiger partial charge on any atom is -0.448 e. The Hall–Kier alpha value is -3.05. The summed E-state index contributed by atoms with van der Waals surface area (Å²) in [6.07, 6.45) is 14.0. The third kappa shape index (κ3) is 7.25. The van der Waals surface area contributed by atoms with Crippen molar-refractivity contribution >= 4 is 27.5 Å². The fourth-order valence-electron chi connectivity index (χ4n) is 7.25. The number of amides is 2. The first-order valence-electron chi connectivity index (χ1n) is 16.1. The second-order valence-electron chi connectivity index (χ2n) is 12.4. The number of carbonyl (C=O) groups excluding carboxylic acids is 2. The Balaban J connectivity index is 1.29. The van der Waals surface area contributed by atoms with E-state index in [0.717, 1.165) is 48.0 Å². The molecule has 1 aliphatic carbocycles. The van der Waals surface area contributed by atoms with E-state index >= 15 is 0 Å². The van der Waals surface area contributed by atoms with Crippen molar-refractivity contribution in [2.75, 3.05) is 16.6 Å². The first kappa shape index (κ1) is 32.3. The van der Waals surface area contributed by atoms with Crippen LogP contribution in [0, 0.1) is 17.7 Å². The van der Waals surface area contributed by atoms with E-state index in [1.54, 1.807) is 6.92 Å². The summed E-state index contributed by atoms with van der Waals surface area (Å²) in [4.78, 5) is 30.2. The Kier molecular flexibility index (Phi) is 10.6. The molecule has 240 valence electrons. The molecule has 0 radical (unpaired) electrons. The zero-order chi connectivity index (χ0) is 31.3. The van der Waals surface area contributed by atoms with Gasteiger partial charge in [0.1, 0.15) is 12.1 Å². The number of nitrogens with one attached hydrogen (secondary N) is 1. The van der Waals surface area contributed by atoms with Crippen LogP contribution in [0.25, 0.3) is 0 Å². The molecule has 3 fully saturated rings. The summed E-state index contributed by atoms with van der Waals surface area (Å²) < 4.78 is 53.7. The fourth-order valence-corrected chi connectivity index (χ4v) is 8.78. The number of sulfonamides is 1. The number of anilines is 1. The number of fused-ring (bicyclic) bond motifs is 2. The second kappa shape index (κ2) is 14.4. The molecule has 9 nitrogen and oxygen atoms in total. The number of benzene rings is 1. The van der Waals surface area contributed by atoms with Crippen molar-refractivity contribution in [3.05, 3.63) is 60.1 Å². The first-order chi connectivity index (χ1) is 21.2. The van der Waals surface area contributed by atoms with Crippen LogP contribution in [0.4, 0.5) is 10.1 Å². The molecule has 0 spiro atoms. The third-order valence-corrected chi connectivity index (χ3v) is 11.2. The van der Waals surface area contributed by atoms with Gasteiger partial charge in [-0.2, -0.15) is 0 Å². The molecule has 1 aromatic heterocycles. The maximum atomic E-state index is 14.6. The Morgan fingerprint density at radius 3 is 2.66 bits per heavy atom. The van der Waals surface area contributed by atoms with Gasteiger partial charge in [0.2, 0.25) is 15.9 Å². The quantitative estimate of drug-likeness (QED) is 0.199. The molecule has 1 aromatic carbocycles. The van der Waals surface area contributed by atoms with Crippen LogP contribution in [-0.4, -0.2) is 49.7 Å². The summed E-state index contributed by atoms with van der Waals surface area (Å²) in [7, 11) is -4.02. The van der Waals surface area contributed by atoms with Crippen LogP contribution in [0.1, 0.15) is 105 Å². The average Bonchev–Trinajstić information content (AvgIpc) is 3.76. The SMILES string of the molecule is C=CC(=O)N(c1ccc(F)cc1C[C@H]1C2CCC(O2)[C@@H]1c1nc(C(=O)NCCCCC2CCCCC2)co1)S(=O)(=O)CCC. The number of ether oxygens (including phenoxy) is 1. The Morgan fingerprint density at radius 2 is 1.91 bits per heavy atom. The monoisotopic (exact) mass is 629 g/mol. The number of oxazole rings is 1. The molecule has 5 rings (SSSR count). The summed E-state index contributed by atoms with van der Waals surface area (Å²) in [5.41, 5.74) is 0.666. The molecular weight excluding hydrogens is 585 g/mol. The number of rotatable bonds is 14. The van der Waals surface area contributed by atoms with Crippen molar-refractivity contribution < 1.29 is 31.6 Å². The van der Waals surface area contributed by atoms with E-state index in [4.69, 9.17) is 9.15 Å². The smallest absolute Gasteiger partial charge is 0.273 e. The first-order valence-corrected chi connectivity index (χ1v) is 17.7. The predicted molar refractivity (Wildman–Crippen MR) is 165 cm³/mol. The lowest BCUT2D eigenvalue weighted by Gasteiger charge is -2.28. The number of halogens is 1. The molecular formula is C33H44FN3O6S. The highest BCUT2D eigenvalue weighted by atomic mass is 32.2.